The predicted octanol–water partition coefficient (Wildman–Crippen LogP) is 3.65. The molecule has 0 spiro atoms. The number of nitrogens with two attached hydrogens (primary N) is 1. The topological polar surface area (TPSA) is 35.2 Å². The van der Waals surface area contributed by atoms with Crippen LogP contribution in [0.1, 0.15) is 39.0 Å². The maximum Gasteiger partial charge on any atom is 0.0468 e. The van der Waals surface area contributed by atoms with Crippen LogP contribution in [0.3, 0.4) is 0 Å². The predicted molar refractivity (Wildman–Crippen MR) is 72.1 cm³/mol. The lowest BCUT2D eigenvalue weighted by atomic mass is 9.95. The molecule has 1 heterocycles. The molecule has 1 aliphatic heterocycles. The fraction of sp³-hybridized carbons (Fsp3) is 0.692. The molecule has 1 aliphatic rings. The molecule has 1 rings (SSSR count). The summed E-state index contributed by atoms with van der Waals surface area (Å²) in [5.41, 5.74) is 6.44. The highest BCUT2D eigenvalue weighted by molar-refractivity contribution is 8.05. The zero-order valence-corrected chi connectivity index (χ0v) is 11.0. The van der Waals surface area contributed by atoms with Gasteiger partial charge in [0.25, 0.3) is 0 Å². The number of rotatable bonds is 5. The van der Waals surface area contributed by atoms with Gasteiger partial charge in [-0.15, -0.1) is 11.8 Å². The summed E-state index contributed by atoms with van der Waals surface area (Å²) in [6, 6.07) is 0. The van der Waals surface area contributed by atoms with Crippen LogP contribution in [0.4, 0.5) is 0 Å². The van der Waals surface area contributed by atoms with Crippen molar-refractivity contribution in [1.82, 2.24) is 0 Å². The van der Waals surface area contributed by atoms with Crippen molar-refractivity contribution >= 4 is 11.8 Å². The fourth-order valence-electron chi connectivity index (χ4n) is 1.86. The standard InChI is InChI=1S/C13H23NOS/c1-11(14)10-16-12(2)5-6-13-4-3-8-15-9-7-13/h10,13H,2-9,14H2,1H3/b11-10-. The van der Waals surface area contributed by atoms with E-state index in [9.17, 15) is 0 Å². The van der Waals surface area contributed by atoms with Crippen LogP contribution in [-0.4, -0.2) is 13.2 Å². The first-order valence-corrected chi connectivity index (χ1v) is 6.91. The van der Waals surface area contributed by atoms with Crippen LogP contribution in [-0.2, 0) is 4.74 Å². The third-order valence-corrected chi connectivity index (χ3v) is 3.84. The van der Waals surface area contributed by atoms with Crippen molar-refractivity contribution in [3.8, 4) is 0 Å². The first kappa shape index (κ1) is 13.7. The Hall–Kier alpha value is -0.410. The Morgan fingerprint density at radius 3 is 3.06 bits per heavy atom. The Balaban J connectivity index is 2.17. The second-order valence-corrected chi connectivity index (χ2v) is 5.52. The Morgan fingerprint density at radius 1 is 1.50 bits per heavy atom. The Bertz CT molecular complexity index is 238. The summed E-state index contributed by atoms with van der Waals surface area (Å²) in [6.45, 7) is 7.85. The monoisotopic (exact) mass is 241 g/mol. The molecule has 0 radical (unpaired) electrons. The molecule has 0 aromatic rings. The van der Waals surface area contributed by atoms with Gasteiger partial charge in [-0.3, -0.25) is 0 Å². The van der Waals surface area contributed by atoms with Gasteiger partial charge < -0.3 is 10.5 Å². The number of hydrogen-bond acceptors (Lipinski definition) is 3. The molecule has 1 unspecified atom stereocenters. The second-order valence-electron chi connectivity index (χ2n) is 4.47. The molecule has 0 amide bonds. The van der Waals surface area contributed by atoms with E-state index in [1.165, 1.54) is 30.6 Å². The highest BCUT2D eigenvalue weighted by Gasteiger charge is 2.12. The van der Waals surface area contributed by atoms with Crippen molar-refractivity contribution in [3.05, 3.63) is 22.6 Å². The summed E-state index contributed by atoms with van der Waals surface area (Å²) >= 11 is 1.67. The van der Waals surface area contributed by atoms with E-state index in [-0.39, 0.29) is 0 Å². The molecule has 16 heavy (non-hydrogen) atoms. The summed E-state index contributed by atoms with van der Waals surface area (Å²) in [4.78, 5) is 1.22. The third kappa shape index (κ3) is 6.23. The highest BCUT2D eigenvalue weighted by atomic mass is 32.2. The van der Waals surface area contributed by atoms with Crippen molar-refractivity contribution < 1.29 is 4.74 Å². The van der Waals surface area contributed by atoms with Crippen LogP contribution in [0.2, 0.25) is 0 Å². The molecule has 0 bridgehead atoms. The fourth-order valence-corrected chi connectivity index (χ4v) is 2.45. The maximum absolute atomic E-state index is 5.58. The van der Waals surface area contributed by atoms with E-state index in [0.29, 0.717) is 0 Å². The van der Waals surface area contributed by atoms with Crippen molar-refractivity contribution in [3.63, 3.8) is 0 Å². The summed E-state index contributed by atoms with van der Waals surface area (Å²) < 4.78 is 5.46. The summed E-state index contributed by atoms with van der Waals surface area (Å²) in [6.07, 6.45) is 6.07. The van der Waals surface area contributed by atoms with Gasteiger partial charge in [0.15, 0.2) is 0 Å². The van der Waals surface area contributed by atoms with Gasteiger partial charge in [0.2, 0.25) is 0 Å². The smallest absolute Gasteiger partial charge is 0.0468 e. The van der Waals surface area contributed by atoms with E-state index < -0.39 is 0 Å². The van der Waals surface area contributed by atoms with Crippen LogP contribution in [0.5, 0.6) is 0 Å². The Kier molecular flexibility index (Phi) is 6.65. The first-order valence-electron chi connectivity index (χ1n) is 6.03. The quantitative estimate of drug-likeness (QED) is 0.798. The van der Waals surface area contributed by atoms with E-state index in [1.807, 2.05) is 12.3 Å². The van der Waals surface area contributed by atoms with Crippen LogP contribution in [0.15, 0.2) is 22.6 Å². The molecule has 92 valence electrons. The average molecular weight is 241 g/mol. The van der Waals surface area contributed by atoms with E-state index in [4.69, 9.17) is 10.5 Å². The van der Waals surface area contributed by atoms with Crippen molar-refractivity contribution in [2.75, 3.05) is 13.2 Å². The third-order valence-electron chi connectivity index (χ3n) is 2.81. The van der Waals surface area contributed by atoms with Gasteiger partial charge in [0, 0.05) is 18.9 Å². The molecule has 1 atom stereocenters. The molecule has 2 N–H and O–H groups in total. The minimum Gasteiger partial charge on any atom is -0.402 e. The molecule has 3 heteroatoms. The van der Waals surface area contributed by atoms with E-state index in [1.54, 1.807) is 11.8 Å². The molecule has 0 aromatic carbocycles. The maximum atomic E-state index is 5.58. The first-order chi connectivity index (χ1) is 7.68. The van der Waals surface area contributed by atoms with Crippen LogP contribution < -0.4 is 5.73 Å². The lowest BCUT2D eigenvalue weighted by Gasteiger charge is -2.13. The molecule has 0 aromatic heterocycles. The molecular weight excluding hydrogens is 218 g/mol. The molecule has 1 saturated heterocycles. The van der Waals surface area contributed by atoms with Crippen LogP contribution >= 0.6 is 11.8 Å². The number of allylic oxidation sites excluding steroid dienone is 2. The minimum atomic E-state index is 0.822. The van der Waals surface area contributed by atoms with Gasteiger partial charge in [-0.05, 0) is 55.3 Å². The molecule has 0 aliphatic carbocycles. The summed E-state index contributed by atoms with van der Waals surface area (Å²) in [5, 5.41) is 1.97. The van der Waals surface area contributed by atoms with Gasteiger partial charge in [0.05, 0.1) is 0 Å². The second kappa shape index (κ2) is 7.80. The summed E-state index contributed by atoms with van der Waals surface area (Å²) in [7, 11) is 0. The van der Waals surface area contributed by atoms with Gasteiger partial charge >= 0.3 is 0 Å². The zero-order valence-electron chi connectivity index (χ0n) is 10.2. The molecule has 2 nitrogen and oxygen atoms in total. The SMILES string of the molecule is C=C(CCC1CCCOCC1)S/C=C(/C)N. The van der Waals surface area contributed by atoms with Gasteiger partial charge in [-0.25, -0.2) is 0 Å². The van der Waals surface area contributed by atoms with Gasteiger partial charge in [-0.1, -0.05) is 6.58 Å². The minimum absolute atomic E-state index is 0.822. The molecule has 1 fully saturated rings. The summed E-state index contributed by atoms with van der Waals surface area (Å²) in [5.74, 6) is 0.822. The largest absolute Gasteiger partial charge is 0.402 e. The zero-order chi connectivity index (χ0) is 11.8. The molecular formula is C13H23NOS. The number of hydrogen-bond donors (Lipinski definition) is 1. The van der Waals surface area contributed by atoms with Crippen molar-refractivity contribution in [2.24, 2.45) is 11.7 Å². The number of ether oxygens (including phenoxy) is 1. The van der Waals surface area contributed by atoms with Crippen molar-refractivity contribution in [1.29, 1.82) is 0 Å². The van der Waals surface area contributed by atoms with Crippen LogP contribution in [0, 0.1) is 5.92 Å². The lowest BCUT2D eigenvalue weighted by Crippen LogP contribution is -2.01. The van der Waals surface area contributed by atoms with Crippen LogP contribution in [0.25, 0.3) is 0 Å². The van der Waals surface area contributed by atoms with Gasteiger partial charge in [0.1, 0.15) is 0 Å². The normalized spacial score (nSPS) is 22.8. The lowest BCUT2D eigenvalue weighted by molar-refractivity contribution is 0.141. The molecule has 0 saturated carbocycles. The Labute approximate surface area is 103 Å². The van der Waals surface area contributed by atoms with Gasteiger partial charge in [-0.2, -0.15) is 0 Å². The van der Waals surface area contributed by atoms with E-state index in [0.717, 1.165) is 31.2 Å². The van der Waals surface area contributed by atoms with Crippen molar-refractivity contribution in [2.45, 2.75) is 39.0 Å². The average Bonchev–Trinajstić information content (AvgIpc) is 2.51. The van der Waals surface area contributed by atoms with E-state index in [2.05, 4.69) is 6.58 Å². The Morgan fingerprint density at radius 2 is 2.31 bits per heavy atom. The highest BCUT2D eigenvalue weighted by Crippen LogP contribution is 2.27. The number of thioether (sulfide) groups is 1. The van der Waals surface area contributed by atoms with E-state index >= 15 is 0 Å².